The maximum atomic E-state index is 11.8. The minimum absolute atomic E-state index is 0.00300. The van der Waals surface area contributed by atoms with E-state index < -0.39 is 26.8 Å². The van der Waals surface area contributed by atoms with Crippen LogP contribution in [-0.2, 0) is 8.91 Å². The summed E-state index contributed by atoms with van der Waals surface area (Å²) in [6.45, 7) is 2.94. The third kappa shape index (κ3) is 7.00. The maximum Gasteiger partial charge on any atom is 0.346 e. The van der Waals surface area contributed by atoms with Crippen molar-refractivity contribution in [3.63, 3.8) is 0 Å². The summed E-state index contributed by atoms with van der Waals surface area (Å²) in [7, 11) is -6.20. The average Bonchev–Trinajstić information content (AvgIpc) is 3.22. The van der Waals surface area contributed by atoms with Crippen molar-refractivity contribution in [1.29, 1.82) is 0 Å². The lowest BCUT2D eigenvalue weighted by Crippen LogP contribution is -2.68. The summed E-state index contributed by atoms with van der Waals surface area (Å²) in [4.78, 5) is 25.8. The number of hydrogen-bond donors (Lipinski definition) is 2. The summed E-state index contributed by atoms with van der Waals surface area (Å²) in [5.74, 6) is -0.338. The molecule has 1 saturated heterocycles. The van der Waals surface area contributed by atoms with Gasteiger partial charge in [-0.3, -0.25) is 9.69 Å². The van der Waals surface area contributed by atoms with Gasteiger partial charge in [0.25, 0.3) is 5.91 Å². The largest absolute Gasteiger partial charge is 0.420 e. The Morgan fingerprint density at radius 1 is 0.614 bits per heavy atom. The lowest BCUT2D eigenvalue weighted by atomic mass is 10.0. The van der Waals surface area contributed by atoms with Gasteiger partial charge in [-0.25, -0.2) is 4.79 Å². The number of amides is 3. The molecule has 0 atom stereocenters. The molecule has 3 amide bonds. The van der Waals surface area contributed by atoms with Crippen LogP contribution in [0.25, 0.3) is 0 Å². The molecule has 0 aliphatic carbocycles. The predicted molar refractivity (Wildman–Crippen MR) is 181 cm³/mol. The normalized spacial score (nSPS) is 14.8. The van der Waals surface area contributed by atoms with Gasteiger partial charge in [0.15, 0.2) is 0 Å². The number of carbonyl (C=O) groups is 2. The molecule has 0 spiro atoms. The van der Waals surface area contributed by atoms with Crippen molar-refractivity contribution >= 4 is 70.1 Å². The minimum Gasteiger partial charge on any atom is -0.420 e. The Labute approximate surface area is 269 Å². The van der Waals surface area contributed by atoms with Crippen LogP contribution in [0.2, 0.25) is 0 Å². The lowest BCUT2D eigenvalue weighted by Gasteiger charge is -2.35. The molecule has 7 nitrogen and oxygen atoms in total. The van der Waals surface area contributed by atoms with E-state index in [-0.39, 0.29) is 32.2 Å². The van der Waals surface area contributed by atoms with Gasteiger partial charge >= 0.3 is 21.3 Å². The molecule has 0 saturated carbocycles. The van der Waals surface area contributed by atoms with Crippen molar-refractivity contribution < 1.29 is 23.9 Å². The molecule has 0 unspecified atom stereocenters. The molecule has 11 heteroatoms. The number of hydrogen-bond acceptors (Lipinski definition) is 5. The molecule has 4 aromatic carbocycles. The highest BCUT2D eigenvalue weighted by atomic mass is 35.6. The predicted octanol–water partition coefficient (Wildman–Crippen LogP) is 3.01. The van der Waals surface area contributed by atoms with Crippen molar-refractivity contribution in [2.75, 3.05) is 26.3 Å². The number of halogens is 2. The molecule has 1 fully saturated rings. The standard InChI is InChI=1S/C24H20Cl2OSi2.C9H16N2O4/c25-28(21-13-5-1-6-14-21,22-15-7-2-8-16-22)27-29(26,23-17-9-3-10-18-23)24-19-11-4-12-20-24;1-9(2)7(14)10(3-5-12)8(15)11(9)4-6-13/h1-20H;12-13H,3-6H2,1-2H3. The topological polar surface area (TPSA) is 90.3 Å². The van der Waals surface area contributed by atoms with Crippen LogP contribution in [0.5, 0.6) is 0 Å². The number of β-amino-alcohol motifs (C(OH)–C–C–N with tert-alkyl or cyclic N) is 2. The number of aliphatic hydroxyl groups excluding tert-OH is 2. The quantitative estimate of drug-likeness (QED) is 0.154. The number of carbonyl (C=O) groups excluding carboxylic acids is 2. The number of aliphatic hydroxyl groups is 2. The summed E-state index contributed by atoms with van der Waals surface area (Å²) in [5.41, 5.74) is -0.936. The first-order chi connectivity index (χ1) is 21.1. The number of rotatable bonds is 10. The molecule has 4 aromatic rings. The van der Waals surface area contributed by atoms with E-state index in [1.54, 1.807) is 13.8 Å². The Hall–Kier alpha value is -3.29. The maximum absolute atomic E-state index is 11.8. The molecule has 5 rings (SSSR count). The second-order valence-corrected chi connectivity index (χ2v) is 19.4. The third-order valence-corrected chi connectivity index (χ3v) is 18.0. The van der Waals surface area contributed by atoms with E-state index in [4.69, 9.17) is 36.5 Å². The summed E-state index contributed by atoms with van der Waals surface area (Å²) in [6.07, 6.45) is 0. The van der Waals surface area contributed by atoms with Gasteiger partial charge in [-0.2, -0.15) is 0 Å². The highest BCUT2D eigenvalue weighted by Gasteiger charge is 2.51. The second-order valence-electron chi connectivity index (χ2n) is 10.7. The zero-order valence-corrected chi connectivity index (χ0v) is 28.2. The Kier molecular flexibility index (Phi) is 11.2. The summed E-state index contributed by atoms with van der Waals surface area (Å²) in [6, 6.07) is 39.7. The third-order valence-electron chi connectivity index (χ3n) is 7.41. The molecule has 1 aliphatic heterocycles. The van der Waals surface area contributed by atoms with Crippen LogP contribution in [0.1, 0.15) is 13.8 Å². The van der Waals surface area contributed by atoms with Crippen LogP contribution >= 0.6 is 22.2 Å². The molecule has 230 valence electrons. The van der Waals surface area contributed by atoms with E-state index in [1.165, 1.54) is 4.90 Å². The number of nitrogens with zero attached hydrogens (tertiary/aromatic N) is 2. The van der Waals surface area contributed by atoms with Gasteiger partial charge in [-0.05, 0) is 34.6 Å². The molecule has 2 N–H and O–H groups in total. The average molecular weight is 668 g/mol. The Balaban J connectivity index is 0.000000249. The highest BCUT2D eigenvalue weighted by molar-refractivity contribution is 7.40. The molecule has 44 heavy (non-hydrogen) atoms. The van der Waals surface area contributed by atoms with Gasteiger partial charge in [0, 0.05) is 6.54 Å². The summed E-state index contributed by atoms with van der Waals surface area (Å²) in [5, 5.41) is 21.5. The van der Waals surface area contributed by atoms with Gasteiger partial charge in [-0.1, -0.05) is 121 Å². The van der Waals surface area contributed by atoms with Crippen molar-refractivity contribution in [3.05, 3.63) is 121 Å². The molecule has 0 bridgehead atoms. The van der Waals surface area contributed by atoms with Gasteiger partial charge in [-0.15, -0.1) is 22.2 Å². The van der Waals surface area contributed by atoms with Gasteiger partial charge in [0.1, 0.15) is 5.54 Å². The number of imide groups is 1. The van der Waals surface area contributed by atoms with E-state index in [1.807, 2.05) is 121 Å². The highest BCUT2D eigenvalue weighted by Crippen LogP contribution is 2.27. The first kappa shape index (κ1) is 33.6. The van der Waals surface area contributed by atoms with Crippen LogP contribution in [0, 0.1) is 0 Å². The van der Waals surface area contributed by atoms with Crippen LogP contribution in [0.3, 0.4) is 0 Å². The fourth-order valence-electron chi connectivity index (χ4n) is 5.06. The molecule has 1 aliphatic rings. The minimum atomic E-state index is -3.10. The van der Waals surface area contributed by atoms with Gasteiger partial charge in [0.05, 0.1) is 19.8 Å². The van der Waals surface area contributed by atoms with E-state index in [0.29, 0.717) is 0 Å². The lowest BCUT2D eigenvalue weighted by molar-refractivity contribution is -0.132. The molecular formula is C33H36Cl2N2O5Si2. The van der Waals surface area contributed by atoms with Crippen molar-refractivity contribution in [3.8, 4) is 0 Å². The van der Waals surface area contributed by atoms with E-state index in [0.717, 1.165) is 25.6 Å². The SMILES string of the molecule is CC1(C)C(=O)N(CCO)C(=O)N1CCO.Cl[Si](O[Si](Cl)(c1ccccc1)c1ccccc1)(c1ccccc1)c1ccccc1. The molecule has 0 aromatic heterocycles. The number of benzene rings is 4. The molecule has 1 heterocycles. The molecular weight excluding hydrogens is 631 g/mol. The summed E-state index contributed by atoms with van der Waals surface area (Å²) >= 11 is 14.9. The first-order valence-electron chi connectivity index (χ1n) is 14.2. The zero-order chi connectivity index (χ0) is 31.8. The van der Waals surface area contributed by atoms with E-state index in [2.05, 4.69) is 0 Å². The van der Waals surface area contributed by atoms with Crippen LogP contribution in [0.4, 0.5) is 4.79 Å². The van der Waals surface area contributed by atoms with Crippen molar-refractivity contribution in [2.24, 2.45) is 0 Å². The van der Waals surface area contributed by atoms with E-state index >= 15 is 0 Å². The molecule has 0 radical (unpaired) electrons. The fraction of sp³-hybridized carbons (Fsp3) is 0.212. The monoisotopic (exact) mass is 666 g/mol. The van der Waals surface area contributed by atoms with Crippen LogP contribution in [-0.4, -0.2) is 79.0 Å². The van der Waals surface area contributed by atoms with Gasteiger partial charge in [0.2, 0.25) is 0 Å². The fourth-order valence-corrected chi connectivity index (χ4v) is 15.6. The van der Waals surface area contributed by atoms with Gasteiger partial charge < -0.3 is 19.2 Å². The smallest absolute Gasteiger partial charge is 0.346 e. The second kappa shape index (κ2) is 14.7. The van der Waals surface area contributed by atoms with E-state index in [9.17, 15) is 9.59 Å². The first-order valence-corrected chi connectivity index (χ1v) is 20.1. The van der Waals surface area contributed by atoms with Crippen LogP contribution < -0.4 is 20.7 Å². The van der Waals surface area contributed by atoms with Crippen molar-refractivity contribution in [1.82, 2.24) is 9.80 Å². The van der Waals surface area contributed by atoms with Crippen LogP contribution in [0.15, 0.2) is 121 Å². The van der Waals surface area contributed by atoms with Crippen molar-refractivity contribution in [2.45, 2.75) is 19.4 Å². The number of urea groups is 1. The summed E-state index contributed by atoms with van der Waals surface area (Å²) < 4.78 is 6.98. The Morgan fingerprint density at radius 3 is 1.23 bits per heavy atom. The Bertz CT molecular complexity index is 1350. The Morgan fingerprint density at radius 2 is 0.932 bits per heavy atom. The zero-order valence-electron chi connectivity index (χ0n) is 24.6.